The van der Waals surface area contributed by atoms with Gasteiger partial charge >= 0.3 is 18.3 Å². The van der Waals surface area contributed by atoms with Crippen LogP contribution in [0.4, 0.5) is 26.7 Å². The monoisotopic (exact) mass is 861 g/mol. The van der Waals surface area contributed by atoms with Crippen LogP contribution in [0.15, 0.2) is 64.4 Å². The number of amides is 1. The number of primary sulfonamides is 2. The summed E-state index contributed by atoms with van der Waals surface area (Å²) < 4.78 is 70.8. The Bertz CT molecular complexity index is 2210. The van der Waals surface area contributed by atoms with Gasteiger partial charge in [0.15, 0.2) is 11.5 Å². The van der Waals surface area contributed by atoms with Gasteiger partial charge in [0.2, 0.25) is 26.0 Å². The summed E-state index contributed by atoms with van der Waals surface area (Å²) in [5.74, 6) is -2.41. The van der Waals surface area contributed by atoms with Gasteiger partial charge in [-0.2, -0.15) is 0 Å². The first kappa shape index (κ1) is 45.5. The number of sulfonamides is 2. The van der Waals surface area contributed by atoms with Crippen molar-refractivity contribution in [2.75, 3.05) is 41.3 Å². The molecule has 0 saturated heterocycles. The van der Waals surface area contributed by atoms with Crippen molar-refractivity contribution in [1.29, 1.82) is 0 Å². The molecular formula is C34H41Cl2N5O13S2. The zero-order valence-corrected chi connectivity index (χ0v) is 34.1. The second kappa shape index (κ2) is 17.9. The number of para-hydroxylation sites is 4. The predicted octanol–water partition coefficient (Wildman–Crippen LogP) is 4.95. The molecular weight excluding hydrogens is 821 g/mol. The third kappa shape index (κ3) is 13.4. The second-order valence-electron chi connectivity index (χ2n) is 13.8. The lowest BCUT2D eigenvalue weighted by Gasteiger charge is -2.31. The normalized spacial score (nSPS) is 12.0. The van der Waals surface area contributed by atoms with Crippen LogP contribution in [-0.4, -0.2) is 83.5 Å². The first-order valence-electron chi connectivity index (χ1n) is 16.2. The van der Waals surface area contributed by atoms with Crippen molar-refractivity contribution in [2.24, 2.45) is 10.3 Å². The molecule has 306 valence electrons. The van der Waals surface area contributed by atoms with Gasteiger partial charge in [-0.1, -0.05) is 47.5 Å². The number of carboxylic acids is 1. The summed E-state index contributed by atoms with van der Waals surface area (Å²) in [7, 11) is -9.39. The molecule has 0 heterocycles. The van der Waals surface area contributed by atoms with Crippen molar-refractivity contribution < 1.29 is 60.1 Å². The van der Waals surface area contributed by atoms with Crippen LogP contribution >= 0.6 is 23.2 Å². The van der Waals surface area contributed by atoms with Crippen LogP contribution in [0.2, 0.25) is 10.0 Å². The van der Waals surface area contributed by atoms with E-state index in [1.54, 1.807) is 59.7 Å². The quantitative estimate of drug-likeness (QED) is 0.123. The van der Waals surface area contributed by atoms with Gasteiger partial charge in [0.05, 0.1) is 33.7 Å². The molecule has 18 nitrogen and oxygen atoms in total. The van der Waals surface area contributed by atoms with Crippen molar-refractivity contribution in [3.63, 3.8) is 0 Å². The number of rotatable bonds is 14. The van der Waals surface area contributed by atoms with Crippen molar-refractivity contribution in [3.05, 3.63) is 64.6 Å². The second-order valence-corrected chi connectivity index (χ2v) is 17.6. The van der Waals surface area contributed by atoms with Crippen molar-refractivity contribution in [3.8, 4) is 11.5 Å². The maximum Gasteiger partial charge on any atom is 0.514 e. The van der Waals surface area contributed by atoms with E-state index in [0.29, 0.717) is 6.07 Å². The Morgan fingerprint density at radius 3 is 1.50 bits per heavy atom. The summed E-state index contributed by atoms with van der Waals surface area (Å²) in [5.41, 5.74) is -2.27. The van der Waals surface area contributed by atoms with E-state index in [1.165, 1.54) is 40.1 Å². The minimum atomic E-state index is -4.77. The number of nitrogens with one attached hydrogen (secondary N) is 1. The summed E-state index contributed by atoms with van der Waals surface area (Å²) in [6, 6.07) is 12.5. The first-order valence-corrected chi connectivity index (χ1v) is 20.1. The number of benzene rings is 3. The van der Waals surface area contributed by atoms with E-state index in [4.69, 9.17) is 52.4 Å². The highest BCUT2D eigenvalue weighted by molar-refractivity contribution is 7.90. The smallest absolute Gasteiger partial charge is 0.480 e. The topological polar surface area (TPSA) is 264 Å². The van der Waals surface area contributed by atoms with Crippen LogP contribution in [0.25, 0.3) is 0 Å². The van der Waals surface area contributed by atoms with Crippen LogP contribution in [-0.2, 0) is 39.1 Å². The SMILES string of the molecule is CC(C)(C)OC(=O)Oc1ccccc1N(CCN(CC(=O)Nc1c(S(N)(=O)=O)cc(S(N)(=O)=O)c(Cl)c1Cl)c1ccccc1OC(=O)OC(C)(C)C)CC(=O)O. The standard InChI is InChI=1S/C34H41Cl2N5O13S2/c1-33(2,3)53-31(45)51-22-13-9-7-11-20(22)40(18-26(42)39-30-25(56(38,49)50)17-24(55(37,47)48)28(35)29(30)36)15-16-41(19-27(43)44)21-12-8-10-14-23(21)52-32(46)54-34(4,5)6/h7-14,17H,15-16,18-19H2,1-6H3,(H,39,42)(H,43,44)(H2,37,47,48)(H2,38,49,50). The summed E-state index contributed by atoms with van der Waals surface area (Å²) in [6.45, 7) is 7.98. The highest BCUT2D eigenvalue weighted by Gasteiger charge is 2.29. The number of ether oxygens (including phenoxy) is 4. The van der Waals surface area contributed by atoms with Crippen molar-refractivity contribution in [2.45, 2.75) is 62.5 Å². The van der Waals surface area contributed by atoms with Gasteiger partial charge in [-0.25, -0.2) is 36.7 Å². The van der Waals surface area contributed by atoms with Gasteiger partial charge in [0, 0.05) is 13.1 Å². The predicted molar refractivity (Wildman–Crippen MR) is 207 cm³/mol. The number of nitrogens with zero attached hydrogens (tertiary/aromatic N) is 2. The number of anilines is 3. The number of carbonyl (C=O) groups excluding carboxylic acids is 3. The molecule has 0 fully saturated rings. The van der Waals surface area contributed by atoms with Gasteiger partial charge in [0.25, 0.3) is 0 Å². The molecule has 0 aliphatic rings. The van der Waals surface area contributed by atoms with E-state index < -0.39 is 94.0 Å². The zero-order valence-electron chi connectivity index (χ0n) is 31.0. The molecule has 3 aromatic rings. The van der Waals surface area contributed by atoms with Crippen molar-refractivity contribution >= 4 is 84.5 Å². The maximum atomic E-state index is 13.8. The fourth-order valence-electron chi connectivity index (χ4n) is 4.79. The average molecular weight is 863 g/mol. The molecule has 0 aliphatic carbocycles. The minimum Gasteiger partial charge on any atom is -0.480 e. The van der Waals surface area contributed by atoms with Crippen LogP contribution < -0.4 is 34.9 Å². The number of nitrogens with two attached hydrogens (primary N) is 2. The maximum absolute atomic E-state index is 13.8. The Hall–Kier alpha value is -4.86. The van der Waals surface area contributed by atoms with Gasteiger partial charge in [-0.3, -0.25) is 9.59 Å². The van der Waals surface area contributed by atoms with Crippen LogP contribution in [0.3, 0.4) is 0 Å². The molecule has 3 aromatic carbocycles. The molecule has 0 radical (unpaired) electrons. The molecule has 22 heteroatoms. The number of hydrogen-bond donors (Lipinski definition) is 4. The summed E-state index contributed by atoms with van der Waals surface area (Å²) in [5, 5.41) is 21.2. The molecule has 0 aliphatic heterocycles. The molecule has 6 N–H and O–H groups in total. The Labute approximate surface area is 333 Å². The molecule has 1 amide bonds. The third-order valence-corrected chi connectivity index (χ3v) is 9.74. The van der Waals surface area contributed by atoms with E-state index in [1.807, 2.05) is 0 Å². The lowest BCUT2D eigenvalue weighted by molar-refractivity contribution is -0.135. The summed E-state index contributed by atoms with van der Waals surface area (Å²) in [4.78, 5) is 52.0. The van der Waals surface area contributed by atoms with Gasteiger partial charge in [-0.15, -0.1) is 0 Å². The number of carboxylic acid groups (broad SMARTS) is 1. The molecule has 0 atom stereocenters. The molecule has 3 rings (SSSR count). The minimum absolute atomic E-state index is 0.0501. The zero-order chi connectivity index (χ0) is 42.4. The van der Waals surface area contributed by atoms with E-state index in [2.05, 4.69) is 5.32 Å². The molecule has 56 heavy (non-hydrogen) atoms. The lowest BCUT2D eigenvalue weighted by Crippen LogP contribution is -2.41. The number of aliphatic carboxylic acids is 1. The van der Waals surface area contributed by atoms with E-state index in [-0.39, 0.29) is 36.0 Å². The highest BCUT2D eigenvalue weighted by Crippen LogP contribution is 2.40. The van der Waals surface area contributed by atoms with Crippen LogP contribution in [0, 0.1) is 0 Å². The third-order valence-electron chi connectivity index (χ3n) is 6.89. The Morgan fingerprint density at radius 1 is 0.696 bits per heavy atom. The Morgan fingerprint density at radius 2 is 1.11 bits per heavy atom. The van der Waals surface area contributed by atoms with E-state index >= 15 is 0 Å². The molecule has 0 saturated carbocycles. The Kier molecular flexibility index (Phi) is 14.6. The molecule has 0 bridgehead atoms. The first-order chi connectivity index (χ1) is 25.7. The number of carbonyl (C=O) groups is 4. The highest BCUT2D eigenvalue weighted by atomic mass is 35.5. The summed E-state index contributed by atoms with van der Waals surface area (Å²) in [6.07, 6.45) is -2.15. The number of hydrogen-bond acceptors (Lipinski definition) is 14. The fourth-order valence-corrected chi connectivity index (χ4v) is 7.05. The van der Waals surface area contributed by atoms with Gasteiger partial charge in [-0.05, 0) is 71.9 Å². The Balaban J connectivity index is 2.11. The molecule has 0 aromatic heterocycles. The largest absolute Gasteiger partial charge is 0.514 e. The average Bonchev–Trinajstić information content (AvgIpc) is 3.02. The van der Waals surface area contributed by atoms with Crippen molar-refractivity contribution in [1.82, 2.24) is 0 Å². The fraction of sp³-hybridized carbons (Fsp3) is 0.353. The number of halogens is 2. The van der Waals surface area contributed by atoms with Crippen LogP contribution in [0.1, 0.15) is 41.5 Å². The lowest BCUT2D eigenvalue weighted by atomic mass is 10.2. The van der Waals surface area contributed by atoms with Gasteiger partial charge in [0.1, 0.15) is 27.5 Å². The van der Waals surface area contributed by atoms with E-state index in [9.17, 15) is 41.1 Å². The molecule has 0 unspecified atom stereocenters. The summed E-state index contributed by atoms with van der Waals surface area (Å²) >= 11 is 12.4. The molecule has 0 spiro atoms. The van der Waals surface area contributed by atoms with Crippen LogP contribution in [0.5, 0.6) is 11.5 Å². The van der Waals surface area contributed by atoms with E-state index in [0.717, 1.165) is 0 Å². The van der Waals surface area contributed by atoms with Gasteiger partial charge < -0.3 is 39.2 Å².